The molecule has 4 atom stereocenters. The molecule has 5 heteroatoms. The van der Waals surface area contributed by atoms with Gasteiger partial charge in [-0.3, -0.25) is 0 Å². The number of aliphatic hydroxyl groups is 1. The van der Waals surface area contributed by atoms with Crippen LogP contribution in [-0.4, -0.2) is 35.7 Å². The molecule has 2 saturated heterocycles. The van der Waals surface area contributed by atoms with E-state index in [1.807, 2.05) is 12.1 Å². The summed E-state index contributed by atoms with van der Waals surface area (Å²) in [7, 11) is 0. The van der Waals surface area contributed by atoms with E-state index >= 15 is 0 Å². The van der Waals surface area contributed by atoms with Crippen LogP contribution in [0.3, 0.4) is 0 Å². The number of rotatable bonds is 7. The molecule has 202 valence electrons. The van der Waals surface area contributed by atoms with Crippen LogP contribution in [-0.2, 0) is 22.6 Å². The molecule has 0 bridgehead atoms. The normalized spacial score (nSPS) is 25.0. The molecule has 2 aliphatic rings. The van der Waals surface area contributed by atoms with Gasteiger partial charge in [0.25, 0.3) is 0 Å². The molecule has 0 saturated carbocycles. The van der Waals surface area contributed by atoms with E-state index in [1.54, 1.807) is 0 Å². The van der Waals surface area contributed by atoms with Gasteiger partial charge in [-0.05, 0) is 59.8 Å². The maximum Gasteiger partial charge on any atom is 0.184 e. The summed E-state index contributed by atoms with van der Waals surface area (Å²) in [6, 6.07) is 25.1. The van der Waals surface area contributed by atoms with Gasteiger partial charge in [-0.15, -0.1) is 0 Å². The lowest BCUT2D eigenvalue weighted by atomic mass is 9.89. The Bertz CT molecular complexity index is 1140. The van der Waals surface area contributed by atoms with Crippen LogP contribution in [0.15, 0.2) is 72.8 Å². The van der Waals surface area contributed by atoms with Crippen molar-refractivity contribution in [1.82, 2.24) is 4.90 Å². The third kappa shape index (κ3) is 6.53. The van der Waals surface area contributed by atoms with Crippen LogP contribution in [0.4, 0.5) is 0 Å². The fourth-order valence-corrected chi connectivity index (χ4v) is 5.79. The molecule has 38 heavy (non-hydrogen) atoms. The van der Waals surface area contributed by atoms with E-state index < -0.39 is 6.29 Å². The average molecular weight is 515 g/mol. The number of aliphatic hydroxyl groups excluding tert-OH is 1. The van der Waals surface area contributed by atoms with Gasteiger partial charge in [0, 0.05) is 24.6 Å². The second-order valence-corrected chi connectivity index (χ2v) is 10.9. The first kappa shape index (κ1) is 27.0. The number of nitrogens with two attached hydrogens (primary N) is 1. The van der Waals surface area contributed by atoms with Crippen LogP contribution in [0.25, 0.3) is 11.1 Å². The van der Waals surface area contributed by atoms with Crippen LogP contribution < -0.4 is 5.73 Å². The Morgan fingerprint density at radius 2 is 1.47 bits per heavy atom. The molecule has 5 rings (SSSR count). The summed E-state index contributed by atoms with van der Waals surface area (Å²) in [5.41, 5.74) is 12.4. The summed E-state index contributed by atoms with van der Waals surface area (Å²) < 4.78 is 13.4. The Morgan fingerprint density at radius 1 is 0.789 bits per heavy atom. The Labute approximate surface area is 227 Å². The number of benzene rings is 3. The largest absolute Gasteiger partial charge is 0.392 e. The molecule has 0 amide bonds. The predicted molar refractivity (Wildman–Crippen MR) is 152 cm³/mol. The predicted octanol–water partition coefficient (Wildman–Crippen LogP) is 6.36. The first-order valence-corrected chi connectivity index (χ1v) is 14.3. The van der Waals surface area contributed by atoms with Crippen molar-refractivity contribution in [3.05, 3.63) is 95.1 Å². The topological polar surface area (TPSA) is 68.0 Å². The fourth-order valence-electron chi connectivity index (χ4n) is 5.79. The third-order valence-electron chi connectivity index (χ3n) is 8.19. The highest BCUT2D eigenvalue weighted by molar-refractivity contribution is 5.64. The summed E-state index contributed by atoms with van der Waals surface area (Å²) in [6.45, 7) is 6.05. The average Bonchev–Trinajstić information content (AvgIpc) is 2.95. The number of likely N-dealkylation sites (tertiary alicyclic amines) is 1. The first-order chi connectivity index (χ1) is 18.6. The summed E-state index contributed by atoms with van der Waals surface area (Å²) in [5, 5.41) is 9.52. The van der Waals surface area contributed by atoms with Crippen LogP contribution in [0.1, 0.15) is 73.7 Å². The van der Waals surface area contributed by atoms with E-state index in [1.165, 1.54) is 32.1 Å². The van der Waals surface area contributed by atoms with Crippen LogP contribution >= 0.6 is 0 Å². The Kier molecular flexibility index (Phi) is 9.26. The molecule has 3 N–H and O–H groups in total. The molecule has 2 heterocycles. The van der Waals surface area contributed by atoms with Crippen LogP contribution in [0.5, 0.6) is 0 Å². The van der Waals surface area contributed by atoms with Gasteiger partial charge in [0.1, 0.15) is 0 Å². The third-order valence-corrected chi connectivity index (χ3v) is 8.19. The number of nitrogens with zero attached hydrogens (tertiary/aromatic N) is 1. The molecule has 3 aromatic rings. The highest BCUT2D eigenvalue weighted by Gasteiger charge is 2.39. The molecule has 0 unspecified atom stereocenters. The van der Waals surface area contributed by atoms with Crippen molar-refractivity contribution in [2.45, 2.75) is 70.7 Å². The molecule has 3 aromatic carbocycles. The van der Waals surface area contributed by atoms with E-state index in [0.29, 0.717) is 6.54 Å². The van der Waals surface area contributed by atoms with Gasteiger partial charge >= 0.3 is 0 Å². The van der Waals surface area contributed by atoms with Gasteiger partial charge in [-0.1, -0.05) is 92.9 Å². The van der Waals surface area contributed by atoms with Crippen molar-refractivity contribution in [3.8, 4) is 11.1 Å². The number of ether oxygens (including phenoxy) is 2. The maximum absolute atomic E-state index is 9.52. The van der Waals surface area contributed by atoms with Gasteiger partial charge in [0.2, 0.25) is 0 Å². The molecule has 5 nitrogen and oxygen atoms in total. The molecular weight excluding hydrogens is 472 g/mol. The second kappa shape index (κ2) is 13.0. The quantitative estimate of drug-likeness (QED) is 0.384. The standard InChI is InChI=1S/C33H42N2O3/c1-24-31(22-35-18-5-3-2-4-6-19-35)37-33(38-32(24)28-12-10-25(23-36)11-13-28)29-16-14-27(15-17-29)30-9-7-8-26(20-30)21-34/h7-17,20,24,31-33,36H,2-6,18-19,21-23,34H2,1H3/t24-,31+,32+,33+/m0/s1. The van der Waals surface area contributed by atoms with Crippen molar-refractivity contribution in [2.24, 2.45) is 11.7 Å². The molecule has 2 fully saturated rings. The molecule has 0 aliphatic carbocycles. The minimum Gasteiger partial charge on any atom is -0.392 e. The SMILES string of the molecule is C[C@H]1[C@@H](CN2CCCCCCC2)O[C@@H](c2ccc(-c3cccc(CN)c3)cc2)O[C@H]1c1ccc(CO)cc1. The number of hydrogen-bond donors (Lipinski definition) is 2. The van der Waals surface area contributed by atoms with Gasteiger partial charge in [-0.25, -0.2) is 0 Å². The smallest absolute Gasteiger partial charge is 0.184 e. The zero-order chi connectivity index (χ0) is 26.3. The maximum atomic E-state index is 9.52. The van der Waals surface area contributed by atoms with Gasteiger partial charge in [-0.2, -0.15) is 0 Å². The van der Waals surface area contributed by atoms with Crippen molar-refractivity contribution >= 4 is 0 Å². The summed E-state index contributed by atoms with van der Waals surface area (Å²) in [6.07, 6.45) is 6.09. The zero-order valence-electron chi connectivity index (χ0n) is 22.6. The zero-order valence-corrected chi connectivity index (χ0v) is 22.6. The summed E-state index contributed by atoms with van der Waals surface area (Å²) in [4.78, 5) is 2.60. The second-order valence-electron chi connectivity index (χ2n) is 10.9. The van der Waals surface area contributed by atoms with E-state index in [2.05, 4.69) is 72.5 Å². The molecular formula is C33H42N2O3. The van der Waals surface area contributed by atoms with Crippen LogP contribution in [0.2, 0.25) is 0 Å². The van der Waals surface area contributed by atoms with Crippen molar-refractivity contribution in [3.63, 3.8) is 0 Å². The Balaban J connectivity index is 1.39. The van der Waals surface area contributed by atoms with E-state index in [9.17, 15) is 5.11 Å². The minimum absolute atomic E-state index is 0.0468. The van der Waals surface area contributed by atoms with E-state index in [-0.39, 0.29) is 24.7 Å². The number of hydrogen-bond acceptors (Lipinski definition) is 5. The lowest BCUT2D eigenvalue weighted by Crippen LogP contribution is -2.45. The molecule has 0 spiro atoms. The van der Waals surface area contributed by atoms with E-state index in [0.717, 1.165) is 53.0 Å². The highest BCUT2D eigenvalue weighted by Crippen LogP contribution is 2.42. The monoisotopic (exact) mass is 514 g/mol. The molecule has 0 radical (unpaired) electrons. The fraction of sp³-hybridized carbons (Fsp3) is 0.455. The van der Waals surface area contributed by atoms with Crippen molar-refractivity contribution < 1.29 is 14.6 Å². The lowest BCUT2D eigenvalue weighted by molar-refractivity contribution is -0.276. The molecule has 0 aromatic heterocycles. The summed E-state index contributed by atoms with van der Waals surface area (Å²) in [5.74, 6) is 0.204. The van der Waals surface area contributed by atoms with Crippen molar-refractivity contribution in [1.29, 1.82) is 0 Å². The Morgan fingerprint density at radius 3 is 2.16 bits per heavy atom. The first-order valence-electron chi connectivity index (χ1n) is 14.3. The van der Waals surface area contributed by atoms with E-state index in [4.69, 9.17) is 15.2 Å². The van der Waals surface area contributed by atoms with Crippen molar-refractivity contribution in [2.75, 3.05) is 19.6 Å². The van der Waals surface area contributed by atoms with Crippen LogP contribution in [0, 0.1) is 5.92 Å². The van der Waals surface area contributed by atoms with Gasteiger partial charge in [0.15, 0.2) is 6.29 Å². The molecule has 2 aliphatic heterocycles. The Hall–Kier alpha value is -2.54. The van der Waals surface area contributed by atoms with Gasteiger partial charge in [0.05, 0.1) is 18.8 Å². The lowest BCUT2D eigenvalue weighted by Gasteiger charge is -2.43. The minimum atomic E-state index is -0.432. The van der Waals surface area contributed by atoms with Gasteiger partial charge < -0.3 is 25.2 Å². The highest BCUT2D eigenvalue weighted by atomic mass is 16.7. The summed E-state index contributed by atoms with van der Waals surface area (Å²) >= 11 is 0.